The minimum atomic E-state index is -0.309. The van der Waals surface area contributed by atoms with E-state index in [1.807, 2.05) is 39.0 Å². The molecule has 0 aliphatic heterocycles. The molecule has 0 radical (unpaired) electrons. The minimum absolute atomic E-state index is 0.0665. The van der Waals surface area contributed by atoms with Crippen LogP contribution in [0.4, 0.5) is 5.69 Å². The highest BCUT2D eigenvalue weighted by Crippen LogP contribution is 2.27. The molecule has 0 bridgehead atoms. The zero-order valence-electron chi connectivity index (χ0n) is 17.1. The van der Waals surface area contributed by atoms with Crippen molar-refractivity contribution in [2.45, 2.75) is 33.5 Å². The second-order valence-corrected chi connectivity index (χ2v) is 7.46. The number of aliphatic hydroxyl groups is 1. The van der Waals surface area contributed by atoms with E-state index in [4.69, 9.17) is 21.4 Å². The Morgan fingerprint density at radius 1 is 1.13 bits per heavy atom. The molecule has 30 heavy (non-hydrogen) atoms. The van der Waals surface area contributed by atoms with E-state index in [9.17, 15) is 9.90 Å². The molecule has 0 fully saturated rings. The maximum Gasteiger partial charge on any atom is 0.257 e. The molecule has 3 N–H and O–H groups in total. The van der Waals surface area contributed by atoms with Gasteiger partial charge in [0.2, 0.25) is 0 Å². The smallest absolute Gasteiger partial charge is 0.257 e. The van der Waals surface area contributed by atoms with Crippen molar-refractivity contribution < 1.29 is 19.1 Å². The molecule has 1 aromatic heterocycles. The van der Waals surface area contributed by atoms with Gasteiger partial charge < -0.3 is 19.6 Å². The Balaban J connectivity index is 1.66. The molecule has 1 heterocycles. The third kappa shape index (κ3) is 5.46. The maximum atomic E-state index is 12.5. The fraction of sp³-hybridized carbons (Fsp3) is 0.217. The van der Waals surface area contributed by atoms with Gasteiger partial charge in [-0.15, -0.1) is 0 Å². The van der Waals surface area contributed by atoms with Gasteiger partial charge in [-0.3, -0.25) is 10.1 Å². The molecule has 0 saturated heterocycles. The van der Waals surface area contributed by atoms with Crippen molar-refractivity contribution in [3.05, 3.63) is 71.5 Å². The molecule has 7 heteroatoms. The van der Waals surface area contributed by atoms with Crippen molar-refractivity contribution in [1.29, 1.82) is 0 Å². The first-order valence-electron chi connectivity index (χ1n) is 9.55. The lowest BCUT2D eigenvalue weighted by Gasteiger charge is -2.13. The van der Waals surface area contributed by atoms with Gasteiger partial charge in [0, 0.05) is 16.8 Å². The summed E-state index contributed by atoms with van der Waals surface area (Å²) in [6.07, 6.45) is 0.0665. The van der Waals surface area contributed by atoms with Gasteiger partial charge in [-0.05, 0) is 81.0 Å². The Kier molecular flexibility index (Phi) is 6.87. The van der Waals surface area contributed by atoms with Crippen molar-refractivity contribution in [3.63, 3.8) is 0 Å². The molecule has 1 amide bonds. The number of anilines is 1. The van der Waals surface area contributed by atoms with Crippen LogP contribution in [0.15, 0.2) is 59.0 Å². The normalized spacial score (nSPS) is 10.7. The number of benzene rings is 2. The second kappa shape index (κ2) is 9.56. The SMILES string of the molecule is Cc1ccc(-c2ccc(CO)o2)cc1NC(=S)NC(=O)c1ccc(OC(C)C)cc1. The molecule has 0 spiro atoms. The third-order valence-electron chi connectivity index (χ3n) is 4.30. The van der Waals surface area contributed by atoms with Gasteiger partial charge in [0.1, 0.15) is 23.9 Å². The largest absolute Gasteiger partial charge is 0.491 e. The van der Waals surface area contributed by atoms with Crippen LogP contribution < -0.4 is 15.4 Å². The van der Waals surface area contributed by atoms with E-state index in [2.05, 4.69) is 10.6 Å². The summed E-state index contributed by atoms with van der Waals surface area (Å²) in [4.78, 5) is 12.5. The van der Waals surface area contributed by atoms with Crippen LogP contribution in [0, 0.1) is 6.92 Å². The zero-order chi connectivity index (χ0) is 21.7. The summed E-state index contributed by atoms with van der Waals surface area (Å²) in [6, 6.07) is 16.1. The maximum absolute atomic E-state index is 12.5. The van der Waals surface area contributed by atoms with Crippen LogP contribution in [0.25, 0.3) is 11.3 Å². The highest BCUT2D eigenvalue weighted by molar-refractivity contribution is 7.80. The van der Waals surface area contributed by atoms with E-state index in [-0.39, 0.29) is 23.7 Å². The van der Waals surface area contributed by atoms with Gasteiger partial charge in [0.25, 0.3) is 5.91 Å². The lowest BCUT2D eigenvalue weighted by molar-refractivity contribution is 0.0977. The monoisotopic (exact) mass is 424 g/mol. The predicted molar refractivity (Wildman–Crippen MR) is 121 cm³/mol. The van der Waals surface area contributed by atoms with E-state index in [1.54, 1.807) is 36.4 Å². The number of carbonyl (C=O) groups is 1. The number of amides is 1. The number of rotatable bonds is 6. The molecule has 3 rings (SSSR count). The Morgan fingerprint density at radius 2 is 1.87 bits per heavy atom. The van der Waals surface area contributed by atoms with Crippen LogP contribution in [0.5, 0.6) is 5.75 Å². The Hall–Kier alpha value is -3.16. The summed E-state index contributed by atoms with van der Waals surface area (Å²) in [5.74, 6) is 1.53. The number of hydrogen-bond donors (Lipinski definition) is 3. The molecule has 0 saturated carbocycles. The fourth-order valence-corrected chi connectivity index (χ4v) is 3.02. The molecule has 0 atom stereocenters. The van der Waals surface area contributed by atoms with Crippen molar-refractivity contribution in [2.75, 3.05) is 5.32 Å². The number of ether oxygens (including phenoxy) is 1. The molecule has 0 unspecified atom stereocenters. The first-order chi connectivity index (χ1) is 14.4. The molecular weight excluding hydrogens is 400 g/mol. The lowest BCUT2D eigenvalue weighted by atomic mass is 10.1. The van der Waals surface area contributed by atoms with Crippen molar-refractivity contribution >= 4 is 28.9 Å². The number of thiocarbonyl (C=S) groups is 1. The summed E-state index contributed by atoms with van der Waals surface area (Å²) in [6.45, 7) is 5.67. The number of nitrogens with one attached hydrogen (secondary N) is 2. The Labute approximate surface area is 180 Å². The fourth-order valence-electron chi connectivity index (χ4n) is 2.81. The molecular formula is C23H24N2O4S. The van der Waals surface area contributed by atoms with Gasteiger partial charge in [0.05, 0.1) is 6.10 Å². The van der Waals surface area contributed by atoms with Gasteiger partial charge in [-0.2, -0.15) is 0 Å². The number of carbonyl (C=O) groups excluding carboxylic acids is 1. The highest BCUT2D eigenvalue weighted by atomic mass is 32.1. The van der Waals surface area contributed by atoms with Gasteiger partial charge in [-0.1, -0.05) is 12.1 Å². The van der Waals surface area contributed by atoms with Crippen LogP contribution in [-0.4, -0.2) is 22.2 Å². The molecule has 0 aliphatic carbocycles. The minimum Gasteiger partial charge on any atom is -0.491 e. The Morgan fingerprint density at radius 3 is 2.50 bits per heavy atom. The van der Waals surface area contributed by atoms with E-state index in [1.165, 1.54) is 0 Å². The average Bonchev–Trinajstić information content (AvgIpc) is 3.19. The standard InChI is InChI=1S/C23H24N2O4S/c1-14(2)28-18-8-6-16(7-9-18)22(27)25-23(30)24-20-12-17(5-4-15(20)3)21-11-10-19(13-26)29-21/h4-12,14,26H,13H2,1-3H3,(H2,24,25,27,30). The van der Waals surface area contributed by atoms with Gasteiger partial charge in [0.15, 0.2) is 5.11 Å². The molecule has 156 valence electrons. The van der Waals surface area contributed by atoms with Crippen molar-refractivity contribution in [3.8, 4) is 17.1 Å². The molecule has 3 aromatic rings. The second-order valence-electron chi connectivity index (χ2n) is 7.05. The highest BCUT2D eigenvalue weighted by Gasteiger charge is 2.11. The van der Waals surface area contributed by atoms with Gasteiger partial charge in [-0.25, -0.2) is 0 Å². The summed E-state index contributed by atoms with van der Waals surface area (Å²) in [7, 11) is 0. The lowest BCUT2D eigenvalue weighted by Crippen LogP contribution is -2.34. The van der Waals surface area contributed by atoms with Crippen molar-refractivity contribution in [1.82, 2.24) is 5.32 Å². The van der Waals surface area contributed by atoms with Crippen molar-refractivity contribution in [2.24, 2.45) is 0 Å². The average molecular weight is 425 g/mol. The summed E-state index contributed by atoms with van der Waals surface area (Å²) in [5.41, 5.74) is 3.02. The van der Waals surface area contributed by atoms with E-state index < -0.39 is 0 Å². The van der Waals surface area contributed by atoms with Crippen LogP contribution in [-0.2, 0) is 6.61 Å². The number of aryl methyl sites for hydroxylation is 1. The van der Waals surface area contributed by atoms with Crippen LogP contribution in [0.3, 0.4) is 0 Å². The summed E-state index contributed by atoms with van der Waals surface area (Å²) < 4.78 is 11.2. The Bertz CT molecular complexity index is 1040. The third-order valence-corrected chi connectivity index (χ3v) is 4.51. The predicted octanol–water partition coefficient (Wildman–Crippen LogP) is 4.66. The molecule has 6 nitrogen and oxygen atoms in total. The van der Waals surface area contributed by atoms with Crippen LogP contribution in [0.1, 0.15) is 35.5 Å². The van der Waals surface area contributed by atoms with E-state index in [0.29, 0.717) is 22.8 Å². The topological polar surface area (TPSA) is 83.7 Å². The quantitative estimate of drug-likeness (QED) is 0.499. The van der Waals surface area contributed by atoms with Crippen LogP contribution in [0.2, 0.25) is 0 Å². The number of aliphatic hydroxyl groups excluding tert-OH is 1. The van der Waals surface area contributed by atoms with Crippen LogP contribution >= 0.6 is 12.2 Å². The van der Waals surface area contributed by atoms with E-state index in [0.717, 1.165) is 16.8 Å². The van der Waals surface area contributed by atoms with E-state index >= 15 is 0 Å². The number of hydrogen-bond acceptors (Lipinski definition) is 5. The first kappa shape index (κ1) is 21.5. The summed E-state index contributed by atoms with van der Waals surface area (Å²) in [5, 5.41) is 15.1. The van der Waals surface area contributed by atoms with Gasteiger partial charge >= 0.3 is 0 Å². The zero-order valence-corrected chi connectivity index (χ0v) is 17.9. The molecule has 2 aromatic carbocycles. The first-order valence-corrected chi connectivity index (χ1v) is 9.96. The number of furan rings is 1. The summed E-state index contributed by atoms with van der Waals surface area (Å²) >= 11 is 5.31. The molecule has 0 aliphatic rings.